The Morgan fingerprint density at radius 2 is 1.93 bits per heavy atom. The van der Waals surface area contributed by atoms with E-state index in [1.165, 1.54) is 24.0 Å². The van der Waals surface area contributed by atoms with E-state index in [0.29, 0.717) is 25.6 Å². The van der Waals surface area contributed by atoms with Crippen LogP contribution < -0.4 is 5.32 Å². The average Bonchev–Trinajstić information content (AvgIpc) is 3.19. The number of anilines is 1. The monoisotopic (exact) mass is 608 g/mol. The lowest BCUT2D eigenvalue weighted by Gasteiger charge is -2.34. The summed E-state index contributed by atoms with van der Waals surface area (Å²) in [5.74, 6) is 1.04. The van der Waals surface area contributed by atoms with Gasteiger partial charge in [-0.2, -0.15) is 5.26 Å². The van der Waals surface area contributed by atoms with E-state index in [4.69, 9.17) is 9.47 Å². The van der Waals surface area contributed by atoms with Crippen LogP contribution in [-0.2, 0) is 27.1 Å². The third-order valence-electron chi connectivity index (χ3n) is 7.76. The highest BCUT2D eigenvalue weighted by atomic mass is 32.2. The zero-order valence-corrected chi connectivity index (χ0v) is 27.1. The smallest absolute Gasteiger partial charge is 0.410 e. The van der Waals surface area contributed by atoms with Crippen molar-refractivity contribution in [3.63, 3.8) is 0 Å². The fraction of sp³-hybridized carbons (Fsp3) is 0.576. The molecule has 1 aromatic heterocycles. The van der Waals surface area contributed by atoms with Crippen LogP contribution in [0.3, 0.4) is 0 Å². The van der Waals surface area contributed by atoms with E-state index in [1.54, 1.807) is 15.7 Å². The summed E-state index contributed by atoms with van der Waals surface area (Å²) in [4.78, 5) is 32.2. The molecule has 1 fully saturated rings. The number of ether oxygens (including phenoxy) is 2. The van der Waals surface area contributed by atoms with Gasteiger partial charge in [0.2, 0.25) is 5.82 Å². The molecule has 1 aromatic carbocycles. The van der Waals surface area contributed by atoms with Crippen LogP contribution in [0, 0.1) is 11.3 Å². The van der Waals surface area contributed by atoms with Crippen LogP contribution in [0.1, 0.15) is 99.1 Å². The topological polar surface area (TPSA) is 109 Å². The molecule has 10 heteroatoms. The molecule has 1 saturated heterocycles. The van der Waals surface area contributed by atoms with Crippen molar-refractivity contribution in [3.8, 4) is 6.07 Å². The summed E-state index contributed by atoms with van der Waals surface area (Å²) < 4.78 is 13.0. The fourth-order valence-corrected chi connectivity index (χ4v) is 5.94. The van der Waals surface area contributed by atoms with Gasteiger partial charge in [0.15, 0.2) is 5.69 Å². The summed E-state index contributed by atoms with van der Waals surface area (Å²) in [7, 11) is 0.261. The predicted octanol–water partition coefficient (Wildman–Crippen LogP) is 6.32. The van der Waals surface area contributed by atoms with E-state index in [2.05, 4.69) is 41.0 Å². The van der Waals surface area contributed by atoms with Crippen LogP contribution in [0.25, 0.3) is 5.57 Å². The first-order chi connectivity index (χ1) is 20.5. The van der Waals surface area contributed by atoms with E-state index in [9.17, 15) is 14.9 Å². The highest BCUT2D eigenvalue weighted by molar-refractivity contribution is 7.95. The normalized spacial score (nSPS) is 16.4. The quantitative estimate of drug-likeness (QED) is 0.264. The number of nitriles is 1. The van der Waals surface area contributed by atoms with E-state index >= 15 is 0 Å². The molecule has 232 valence electrons. The predicted molar refractivity (Wildman–Crippen MR) is 172 cm³/mol. The Morgan fingerprint density at radius 3 is 2.63 bits per heavy atom. The van der Waals surface area contributed by atoms with Gasteiger partial charge >= 0.3 is 6.09 Å². The van der Waals surface area contributed by atoms with Gasteiger partial charge in [-0.15, -0.1) is 0 Å². The largest absolute Gasteiger partial charge is 0.444 e. The summed E-state index contributed by atoms with van der Waals surface area (Å²) in [5.41, 5.74) is 3.91. The second-order valence-corrected chi connectivity index (χ2v) is 15.0. The molecule has 0 radical (unpaired) electrons. The van der Waals surface area contributed by atoms with Gasteiger partial charge in [0.05, 0.1) is 19.1 Å². The molecule has 2 heterocycles. The Balaban J connectivity index is 1.53. The molecule has 43 heavy (non-hydrogen) atoms. The summed E-state index contributed by atoms with van der Waals surface area (Å²) >= 11 is 0. The number of carbonyl (C=O) groups excluding carboxylic acids is 2. The number of imidazole rings is 1. The van der Waals surface area contributed by atoms with Crippen LogP contribution in [0.2, 0.25) is 0 Å². The summed E-state index contributed by atoms with van der Waals surface area (Å²) in [6.45, 7) is 7.71. The molecular formula is C33H46N5O4S+. The van der Waals surface area contributed by atoms with Crippen LogP contribution >= 0.6 is 0 Å². The number of aromatic nitrogens is 2. The fourth-order valence-electron chi connectivity index (χ4n) is 5.49. The van der Waals surface area contributed by atoms with Crippen molar-refractivity contribution < 1.29 is 19.1 Å². The number of hydrogen-bond acceptors (Lipinski definition) is 6. The zero-order valence-electron chi connectivity index (χ0n) is 26.3. The van der Waals surface area contributed by atoms with E-state index in [0.717, 1.165) is 49.1 Å². The maximum atomic E-state index is 13.6. The summed E-state index contributed by atoms with van der Waals surface area (Å²) in [6, 6.07) is 8.35. The van der Waals surface area contributed by atoms with Gasteiger partial charge in [-0.05, 0) is 99.4 Å². The van der Waals surface area contributed by atoms with Gasteiger partial charge in [-0.3, -0.25) is 4.79 Å². The van der Waals surface area contributed by atoms with Crippen LogP contribution in [0.5, 0.6) is 0 Å². The third kappa shape index (κ3) is 9.35. The summed E-state index contributed by atoms with van der Waals surface area (Å²) in [5, 5.41) is 12.6. The maximum absolute atomic E-state index is 13.6. The lowest BCUT2D eigenvalue weighted by atomic mass is 9.86. The second-order valence-electron chi connectivity index (χ2n) is 12.6. The minimum absolute atomic E-state index is 0.155. The molecular weight excluding hydrogens is 562 g/mol. The number of piperidine rings is 1. The molecule has 2 aromatic rings. The van der Waals surface area contributed by atoms with Crippen LogP contribution in [-0.4, -0.2) is 70.0 Å². The third-order valence-corrected chi connectivity index (χ3v) is 8.74. The van der Waals surface area contributed by atoms with Gasteiger partial charge in [0.25, 0.3) is 5.91 Å². The van der Waals surface area contributed by atoms with Crippen molar-refractivity contribution in [2.24, 2.45) is 0 Å². The maximum Gasteiger partial charge on any atom is 0.410 e. The van der Waals surface area contributed by atoms with Crippen molar-refractivity contribution in [3.05, 3.63) is 53.1 Å². The number of hydrogen-bond donors (Lipinski definition) is 1. The standard InChI is InChI=1S/C33H45N5O4S/c1-33(2,3)42-32(40)37-16-14-24(15-17-37)26-12-13-29(28(20-26)25-10-8-6-7-9-11-25)36-31(39)30-35-27(21-34)22-38(30)23-41-18-19-43(4)5/h10,12-13,20,22,24H,6-9,11,14-19,23H2,1-5H3/p+1. The highest BCUT2D eigenvalue weighted by Crippen LogP contribution is 2.36. The molecule has 2 amide bonds. The van der Waals surface area contributed by atoms with Crippen LogP contribution in [0.15, 0.2) is 30.5 Å². The molecule has 9 nitrogen and oxygen atoms in total. The average molecular weight is 609 g/mol. The minimum atomic E-state index is -0.510. The second kappa shape index (κ2) is 14.9. The number of allylic oxidation sites excluding steroid dienone is 2. The Kier molecular flexibility index (Phi) is 11.3. The number of carbonyl (C=O) groups is 2. The zero-order chi connectivity index (χ0) is 31.0. The molecule has 2 aliphatic rings. The van der Waals surface area contributed by atoms with Crippen LogP contribution in [0.4, 0.5) is 10.5 Å². The number of nitrogens with one attached hydrogen (secondary N) is 1. The van der Waals surface area contributed by atoms with Crippen molar-refractivity contribution in [2.45, 2.75) is 84.0 Å². The number of amides is 2. The van der Waals surface area contributed by atoms with E-state index in [-0.39, 0.29) is 41.1 Å². The molecule has 1 aliphatic carbocycles. The van der Waals surface area contributed by atoms with Crippen molar-refractivity contribution in [1.29, 1.82) is 5.26 Å². The van der Waals surface area contributed by atoms with Gasteiger partial charge < -0.3 is 24.3 Å². The molecule has 1 N–H and O–H groups in total. The molecule has 0 unspecified atom stereocenters. The highest BCUT2D eigenvalue weighted by Gasteiger charge is 2.28. The van der Waals surface area contributed by atoms with Gasteiger partial charge in [0, 0.05) is 30.5 Å². The molecule has 0 saturated carbocycles. The SMILES string of the molecule is C[S+](C)CCOCn1cc(C#N)nc1C(=O)Nc1ccc(C2CCN(C(=O)OC(C)(C)C)CC2)cc1C1=CCCCCC1. The molecule has 4 rings (SSSR count). The minimum Gasteiger partial charge on any atom is -0.444 e. The summed E-state index contributed by atoms with van der Waals surface area (Å²) in [6.07, 6.45) is 15.1. The van der Waals surface area contributed by atoms with E-state index < -0.39 is 5.60 Å². The number of likely N-dealkylation sites (tertiary alicyclic amines) is 1. The Morgan fingerprint density at radius 1 is 1.16 bits per heavy atom. The molecule has 0 spiro atoms. The Labute approximate surface area is 259 Å². The van der Waals surface area contributed by atoms with Gasteiger partial charge in [0.1, 0.15) is 24.2 Å². The Bertz CT molecular complexity index is 1350. The van der Waals surface area contributed by atoms with Crippen molar-refractivity contribution in [1.82, 2.24) is 14.5 Å². The van der Waals surface area contributed by atoms with E-state index in [1.807, 2.05) is 32.9 Å². The number of rotatable bonds is 9. The lowest BCUT2D eigenvalue weighted by molar-refractivity contribution is 0.0204. The van der Waals surface area contributed by atoms with Crippen molar-refractivity contribution in [2.75, 3.05) is 43.3 Å². The van der Waals surface area contributed by atoms with Gasteiger partial charge in [-0.1, -0.05) is 18.6 Å². The van der Waals surface area contributed by atoms with Gasteiger partial charge in [-0.25, -0.2) is 9.78 Å². The molecule has 1 aliphatic heterocycles. The molecule has 0 bridgehead atoms. The lowest BCUT2D eigenvalue weighted by Crippen LogP contribution is -2.41. The first-order valence-electron chi connectivity index (χ1n) is 15.3. The number of benzene rings is 1. The first-order valence-corrected chi connectivity index (χ1v) is 17.5. The number of nitrogens with zero attached hydrogens (tertiary/aromatic N) is 4. The Hall–Kier alpha value is -3.29. The first kappa shape index (κ1) is 32.6. The molecule has 0 atom stereocenters. The van der Waals surface area contributed by atoms with Crippen molar-refractivity contribution >= 4 is 34.2 Å².